The van der Waals surface area contributed by atoms with Crippen LogP contribution in [0, 0.1) is 5.41 Å². The van der Waals surface area contributed by atoms with E-state index in [2.05, 4.69) is 22.3 Å². The van der Waals surface area contributed by atoms with Gasteiger partial charge in [-0.3, -0.25) is 0 Å². The van der Waals surface area contributed by atoms with Crippen molar-refractivity contribution < 1.29 is 9.47 Å². The van der Waals surface area contributed by atoms with Crippen molar-refractivity contribution in [2.75, 3.05) is 44.3 Å². The average Bonchev–Trinajstić information content (AvgIpc) is 2.45. The maximum absolute atomic E-state index is 5.67. The molecule has 1 aromatic rings. The van der Waals surface area contributed by atoms with Gasteiger partial charge in [0.15, 0.2) is 11.5 Å². The zero-order valence-corrected chi connectivity index (χ0v) is 11.2. The van der Waals surface area contributed by atoms with Crippen molar-refractivity contribution in [3.63, 3.8) is 0 Å². The molecule has 4 heteroatoms. The summed E-state index contributed by atoms with van der Waals surface area (Å²) >= 11 is 0. The van der Waals surface area contributed by atoms with Crippen LogP contribution in [0.1, 0.15) is 12.8 Å². The summed E-state index contributed by atoms with van der Waals surface area (Å²) < 4.78 is 11.2. The van der Waals surface area contributed by atoms with Crippen LogP contribution in [0.2, 0.25) is 0 Å². The van der Waals surface area contributed by atoms with E-state index in [1.807, 2.05) is 6.07 Å². The van der Waals surface area contributed by atoms with Crippen molar-refractivity contribution in [3.8, 4) is 11.5 Å². The molecule has 0 bridgehead atoms. The monoisotopic (exact) mass is 260 g/mol. The van der Waals surface area contributed by atoms with E-state index in [0.29, 0.717) is 18.6 Å². The van der Waals surface area contributed by atoms with E-state index in [-0.39, 0.29) is 0 Å². The number of rotatable bonds is 1. The minimum absolute atomic E-state index is 0.602. The van der Waals surface area contributed by atoms with Crippen LogP contribution >= 0.6 is 0 Å². The highest BCUT2D eigenvalue weighted by Gasteiger charge is 2.39. The second kappa shape index (κ2) is 4.30. The fourth-order valence-corrected chi connectivity index (χ4v) is 3.30. The van der Waals surface area contributed by atoms with Gasteiger partial charge in [-0.2, -0.15) is 0 Å². The average molecular weight is 260 g/mol. The molecule has 4 nitrogen and oxygen atoms in total. The van der Waals surface area contributed by atoms with Gasteiger partial charge in [-0.15, -0.1) is 0 Å². The third-order valence-electron chi connectivity index (χ3n) is 4.72. The van der Waals surface area contributed by atoms with E-state index in [4.69, 9.17) is 9.47 Å². The van der Waals surface area contributed by atoms with Gasteiger partial charge in [-0.05, 0) is 30.4 Å². The predicted octanol–water partition coefficient (Wildman–Crippen LogP) is 1.65. The Morgan fingerprint density at radius 2 is 1.74 bits per heavy atom. The Morgan fingerprint density at radius 3 is 2.42 bits per heavy atom. The number of ether oxygens (including phenoxy) is 2. The van der Waals surface area contributed by atoms with Gasteiger partial charge in [0, 0.05) is 37.9 Å². The Hall–Kier alpha value is -1.42. The second-order valence-electron chi connectivity index (χ2n) is 5.92. The normalized spacial score (nSPS) is 24.1. The van der Waals surface area contributed by atoms with E-state index in [1.165, 1.54) is 31.6 Å². The van der Waals surface area contributed by atoms with Gasteiger partial charge in [0.1, 0.15) is 13.2 Å². The molecule has 0 amide bonds. The topological polar surface area (TPSA) is 33.7 Å². The van der Waals surface area contributed by atoms with Crippen molar-refractivity contribution >= 4 is 5.69 Å². The molecular weight excluding hydrogens is 240 g/mol. The number of anilines is 1. The standard InChI is InChI=1S/C15H20N2O2/c1-2-13-14(19-8-7-18-13)9-12(1)17-5-3-15(4-6-17)10-16-11-15/h1-2,9,16H,3-8,10-11H2. The smallest absolute Gasteiger partial charge is 0.163 e. The van der Waals surface area contributed by atoms with Gasteiger partial charge in [0.25, 0.3) is 0 Å². The van der Waals surface area contributed by atoms with Crippen LogP contribution in [-0.2, 0) is 0 Å². The van der Waals surface area contributed by atoms with Crippen LogP contribution < -0.4 is 19.7 Å². The minimum atomic E-state index is 0.602. The summed E-state index contributed by atoms with van der Waals surface area (Å²) in [7, 11) is 0. The summed E-state index contributed by atoms with van der Waals surface area (Å²) in [6.45, 7) is 6.05. The Kier molecular flexibility index (Phi) is 2.58. The van der Waals surface area contributed by atoms with Gasteiger partial charge in [0.05, 0.1) is 0 Å². The van der Waals surface area contributed by atoms with Crippen LogP contribution in [0.5, 0.6) is 11.5 Å². The number of hydrogen-bond acceptors (Lipinski definition) is 4. The van der Waals surface area contributed by atoms with Crippen molar-refractivity contribution in [3.05, 3.63) is 18.2 Å². The number of benzene rings is 1. The van der Waals surface area contributed by atoms with E-state index < -0.39 is 0 Å². The van der Waals surface area contributed by atoms with Crippen molar-refractivity contribution in [2.45, 2.75) is 12.8 Å². The second-order valence-corrected chi connectivity index (χ2v) is 5.92. The Morgan fingerprint density at radius 1 is 1.00 bits per heavy atom. The molecular formula is C15H20N2O2. The number of nitrogens with zero attached hydrogens (tertiary/aromatic N) is 1. The van der Waals surface area contributed by atoms with Crippen molar-refractivity contribution in [2.24, 2.45) is 5.41 Å². The molecule has 2 fully saturated rings. The molecule has 4 rings (SSSR count). The number of hydrogen-bond donors (Lipinski definition) is 1. The van der Waals surface area contributed by atoms with Gasteiger partial charge in [-0.1, -0.05) is 0 Å². The Bertz CT molecular complexity index is 475. The lowest BCUT2D eigenvalue weighted by atomic mass is 9.73. The summed E-state index contributed by atoms with van der Waals surface area (Å²) in [4.78, 5) is 2.47. The highest BCUT2D eigenvalue weighted by molar-refractivity contribution is 5.57. The molecule has 0 saturated carbocycles. The molecule has 2 saturated heterocycles. The molecule has 1 aromatic carbocycles. The fraction of sp³-hybridized carbons (Fsp3) is 0.600. The SMILES string of the molecule is c1cc2c(cc1N1CCC3(CC1)CNC3)OCCO2. The first-order chi connectivity index (χ1) is 9.35. The Balaban J connectivity index is 1.50. The third kappa shape index (κ3) is 1.94. The first-order valence-electron chi connectivity index (χ1n) is 7.20. The van der Waals surface area contributed by atoms with Gasteiger partial charge in [0.2, 0.25) is 0 Å². The van der Waals surface area contributed by atoms with E-state index in [0.717, 1.165) is 24.6 Å². The molecule has 3 aliphatic rings. The lowest BCUT2D eigenvalue weighted by molar-refractivity contribution is 0.126. The molecule has 0 atom stereocenters. The largest absolute Gasteiger partial charge is 0.486 e. The molecule has 3 aliphatic heterocycles. The van der Waals surface area contributed by atoms with Crippen LogP contribution in [-0.4, -0.2) is 39.4 Å². The van der Waals surface area contributed by atoms with Crippen molar-refractivity contribution in [1.82, 2.24) is 5.32 Å². The van der Waals surface area contributed by atoms with Crippen LogP contribution in [0.3, 0.4) is 0 Å². The molecule has 0 radical (unpaired) electrons. The lowest BCUT2D eigenvalue weighted by Gasteiger charge is -2.49. The molecule has 0 aromatic heterocycles. The first kappa shape index (κ1) is 11.4. The fourth-order valence-electron chi connectivity index (χ4n) is 3.30. The summed E-state index contributed by atoms with van der Waals surface area (Å²) in [5.74, 6) is 1.78. The van der Waals surface area contributed by atoms with Crippen LogP contribution in [0.25, 0.3) is 0 Å². The molecule has 0 unspecified atom stereocenters. The van der Waals surface area contributed by atoms with E-state index in [9.17, 15) is 0 Å². The maximum atomic E-state index is 5.67. The zero-order chi connectivity index (χ0) is 12.7. The lowest BCUT2D eigenvalue weighted by Crippen LogP contribution is -2.58. The van der Waals surface area contributed by atoms with E-state index >= 15 is 0 Å². The molecule has 19 heavy (non-hydrogen) atoms. The summed E-state index contributed by atoms with van der Waals surface area (Å²) in [5, 5.41) is 3.41. The summed E-state index contributed by atoms with van der Waals surface area (Å²) in [6.07, 6.45) is 2.60. The molecule has 3 heterocycles. The predicted molar refractivity (Wildman–Crippen MR) is 74.2 cm³/mol. The minimum Gasteiger partial charge on any atom is -0.486 e. The number of fused-ring (bicyclic) bond motifs is 1. The molecule has 102 valence electrons. The Labute approximate surface area is 113 Å². The van der Waals surface area contributed by atoms with Gasteiger partial charge >= 0.3 is 0 Å². The summed E-state index contributed by atoms with van der Waals surface area (Å²) in [6, 6.07) is 6.33. The first-order valence-corrected chi connectivity index (χ1v) is 7.20. The number of nitrogens with one attached hydrogen (secondary N) is 1. The number of piperidine rings is 1. The summed E-state index contributed by atoms with van der Waals surface area (Å²) in [5.41, 5.74) is 1.87. The maximum Gasteiger partial charge on any atom is 0.163 e. The molecule has 1 spiro atoms. The molecule has 1 N–H and O–H groups in total. The van der Waals surface area contributed by atoms with Crippen LogP contribution in [0.4, 0.5) is 5.69 Å². The van der Waals surface area contributed by atoms with Crippen molar-refractivity contribution in [1.29, 1.82) is 0 Å². The van der Waals surface area contributed by atoms with Gasteiger partial charge < -0.3 is 19.7 Å². The zero-order valence-electron chi connectivity index (χ0n) is 11.2. The molecule has 0 aliphatic carbocycles. The quantitative estimate of drug-likeness (QED) is 0.832. The van der Waals surface area contributed by atoms with Gasteiger partial charge in [-0.25, -0.2) is 0 Å². The highest BCUT2D eigenvalue weighted by Crippen LogP contribution is 2.39. The highest BCUT2D eigenvalue weighted by atomic mass is 16.6. The van der Waals surface area contributed by atoms with Crippen LogP contribution in [0.15, 0.2) is 18.2 Å². The van der Waals surface area contributed by atoms with E-state index in [1.54, 1.807) is 0 Å². The third-order valence-corrected chi connectivity index (χ3v) is 4.72.